The molecule has 0 spiro atoms. The molecule has 0 bridgehead atoms. The molecule has 0 aliphatic carbocycles. The zero-order valence-corrected chi connectivity index (χ0v) is 54.3. The van der Waals surface area contributed by atoms with Crippen molar-refractivity contribution in [3.05, 3.63) is 146 Å². The van der Waals surface area contributed by atoms with Gasteiger partial charge in [-0.1, -0.05) is 288 Å². The highest BCUT2D eigenvalue weighted by molar-refractivity contribution is 7.45. The minimum absolute atomic E-state index is 0.0170. The molecule has 0 aromatic rings. The Morgan fingerprint density at radius 3 is 1.13 bits per heavy atom. The number of amides is 1. The largest absolute Gasteiger partial charge is 0.756 e. The molecule has 0 rings (SSSR count). The van der Waals surface area contributed by atoms with E-state index < -0.39 is 26.6 Å². The maximum atomic E-state index is 13.0. The first-order valence-electron chi connectivity index (χ1n) is 33.2. The summed E-state index contributed by atoms with van der Waals surface area (Å²) < 4.78 is 23.4. The van der Waals surface area contributed by atoms with Crippen LogP contribution in [-0.4, -0.2) is 68.5 Å². The number of phosphoric acid groups is 1. The van der Waals surface area contributed by atoms with Crippen molar-refractivity contribution < 1.29 is 32.9 Å². The zero-order valence-electron chi connectivity index (χ0n) is 53.4. The van der Waals surface area contributed by atoms with Gasteiger partial charge in [0.15, 0.2) is 0 Å². The molecule has 0 radical (unpaired) electrons. The Bertz CT molecular complexity index is 1840. The van der Waals surface area contributed by atoms with Crippen LogP contribution in [0.4, 0.5) is 0 Å². The van der Waals surface area contributed by atoms with E-state index in [0.29, 0.717) is 17.4 Å². The summed E-state index contributed by atoms with van der Waals surface area (Å²) in [6.07, 6.45) is 95.2. The Morgan fingerprint density at radius 2 is 0.756 bits per heavy atom. The van der Waals surface area contributed by atoms with Gasteiger partial charge in [-0.05, 0) is 109 Å². The molecule has 0 aromatic heterocycles. The van der Waals surface area contributed by atoms with E-state index in [-0.39, 0.29) is 12.5 Å². The van der Waals surface area contributed by atoms with Crippen LogP contribution in [0, 0.1) is 0 Å². The third-order valence-electron chi connectivity index (χ3n) is 14.0. The van der Waals surface area contributed by atoms with Gasteiger partial charge in [0.2, 0.25) is 5.91 Å². The van der Waals surface area contributed by atoms with Crippen molar-refractivity contribution in [2.45, 2.75) is 270 Å². The molecule has 8 nitrogen and oxygen atoms in total. The summed E-state index contributed by atoms with van der Waals surface area (Å²) in [4.78, 5) is 25.6. The summed E-state index contributed by atoms with van der Waals surface area (Å²) in [5.41, 5.74) is 0. The first-order valence-corrected chi connectivity index (χ1v) is 34.7. The van der Waals surface area contributed by atoms with Gasteiger partial charge in [-0.15, -0.1) is 0 Å². The highest BCUT2D eigenvalue weighted by Crippen LogP contribution is 2.38. The minimum Gasteiger partial charge on any atom is -0.756 e. The molecular weight excluding hydrogens is 1030 g/mol. The van der Waals surface area contributed by atoms with E-state index in [1.54, 1.807) is 6.08 Å². The summed E-state index contributed by atoms with van der Waals surface area (Å²) >= 11 is 0. The van der Waals surface area contributed by atoms with Crippen molar-refractivity contribution in [2.24, 2.45) is 0 Å². The first-order chi connectivity index (χ1) is 40.0. The number of nitrogens with one attached hydrogen (secondary N) is 1. The number of hydrogen-bond donors (Lipinski definition) is 2. The lowest BCUT2D eigenvalue weighted by molar-refractivity contribution is -0.870. The lowest BCUT2D eigenvalue weighted by atomic mass is 10.0. The number of allylic oxidation sites excluding steroid dienone is 23. The van der Waals surface area contributed by atoms with E-state index in [2.05, 4.69) is 153 Å². The number of likely N-dealkylation sites (N-methyl/N-ethyl adjacent to an activating group) is 1. The summed E-state index contributed by atoms with van der Waals surface area (Å²) in [6, 6.07) is -0.924. The van der Waals surface area contributed by atoms with Crippen LogP contribution in [0.3, 0.4) is 0 Å². The Kier molecular flexibility index (Phi) is 59.2. The maximum Gasteiger partial charge on any atom is 0.268 e. The van der Waals surface area contributed by atoms with Crippen molar-refractivity contribution in [3.63, 3.8) is 0 Å². The number of nitrogens with zero attached hydrogens (tertiary/aromatic N) is 1. The Morgan fingerprint density at radius 1 is 0.439 bits per heavy atom. The lowest BCUT2D eigenvalue weighted by Crippen LogP contribution is -2.45. The number of carbonyl (C=O) groups excluding carboxylic acids is 1. The van der Waals surface area contributed by atoms with E-state index in [1.807, 2.05) is 27.2 Å². The fraction of sp³-hybridized carbons (Fsp3) is 0.658. The standard InChI is InChI=1S/C73H125N2O6P/c1-6-8-10-12-14-16-18-20-22-24-26-28-30-31-32-33-34-35-36-37-38-39-40-41-42-43-45-47-49-51-53-55-57-59-61-63-65-67-73(77)74-71(70-81-82(78,79)80-69-68-75(3,4)5)72(76)66-64-62-60-58-56-54-52-50-48-46-44-29-27-25-23-21-19-17-15-13-11-9-7-2/h8,10,14,16,20,22,26,28,31-32,34-35,37-38,40-41,43,45,49,51,56,58,64,66,71-72,76H,6-7,9,11-13,15,17-19,21,23-25,27,29-30,33,36,39,42,44,46-48,50,52-55,57,59-63,65,67-70H2,1-5H3,(H-,74,77,78,79)/b10-8-,16-14-,22-20-,28-26-,32-31-,35-34-,38-37-,41-40-,45-43-,51-49-,58-56+,66-64+. The van der Waals surface area contributed by atoms with Gasteiger partial charge in [0, 0.05) is 6.42 Å². The monoisotopic (exact) mass is 1160 g/mol. The molecule has 468 valence electrons. The molecule has 2 N–H and O–H groups in total. The van der Waals surface area contributed by atoms with Crippen LogP contribution in [0.15, 0.2) is 146 Å². The topological polar surface area (TPSA) is 108 Å². The Labute approximate surface area is 506 Å². The van der Waals surface area contributed by atoms with Crippen LogP contribution >= 0.6 is 7.82 Å². The molecule has 3 atom stereocenters. The summed E-state index contributed by atoms with van der Waals surface area (Å²) in [5, 5.41) is 13.9. The number of carbonyl (C=O) groups is 1. The predicted molar refractivity (Wildman–Crippen MR) is 357 cm³/mol. The molecule has 1 amide bonds. The van der Waals surface area contributed by atoms with E-state index in [0.717, 1.165) is 128 Å². The van der Waals surface area contributed by atoms with Crippen LogP contribution in [0.2, 0.25) is 0 Å². The number of aliphatic hydroxyl groups excluding tert-OH is 1. The van der Waals surface area contributed by atoms with E-state index in [1.165, 1.54) is 109 Å². The van der Waals surface area contributed by atoms with Crippen LogP contribution in [0.5, 0.6) is 0 Å². The van der Waals surface area contributed by atoms with Crippen LogP contribution in [0.25, 0.3) is 0 Å². The zero-order chi connectivity index (χ0) is 59.8. The molecule has 0 heterocycles. The van der Waals surface area contributed by atoms with Gasteiger partial charge in [0.1, 0.15) is 13.2 Å². The average molecular weight is 1160 g/mol. The number of unbranched alkanes of at least 4 members (excludes halogenated alkanes) is 24. The summed E-state index contributed by atoms with van der Waals surface area (Å²) in [6.45, 7) is 4.50. The second-order valence-corrected chi connectivity index (χ2v) is 24.5. The maximum absolute atomic E-state index is 13.0. The molecule has 0 aliphatic rings. The molecule has 3 unspecified atom stereocenters. The van der Waals surface area contributed by atoms with Gasteiger partial charge in [0.05, 0.1) is 39.9 Å². The van der Waals surface area contributed by atoms with Crippen molar-refractivity contribution >= 4 is 13.7 Å². The number of aliphatic hydroxyl groups is 1. The molecule has 82 heavy (non-hydrogen) atoms. The second kappa shape index (κ2) is 61.9. The average Bonchev–Trinajstić information content (AvgIpc) is 3.47. The summed E-state index contributed by atoms with van der Waals surface area (Å²) in [5.74, 6) is -0.226. The highest BCUT2D eigenvalue weighted by atomic mass is 31.2. The van der Waals surface area contributed by atoms with E-state index in [9.17, 15) is 19.4 Å². The molecular formula is C73H125N2O6P. The minimum atomic E-state index is -4.63. The van der Waals surface area contributed by atoms with Crippen molar-refractivity contribution in [3.8, 4) is 0 Å². The predicted octanol–water partition coefficient (Wildman–Crippen LogP) is 20.6. The van der Waals surface area contributed by atoms with Crippen molar-refractivity contribution in [2.75, 3.05) is 40.9 Å². The van der Waals surface area contributed by atoms with Gasteiger partial charge < -0.3 is 28.8 Å². The number of rotatable bonds is 59. The fourth-order valence-electron chi connectivity index (χ4n) is 8.90. The molecule has 0 aromatic carbocycles. The van der Waals surface area contributed by atoms with Crippen LogP contribution in [0.1, 0.15) is 258 Å². The van der Waals surface area contributed by atoms with Gasteiger partial charge in [0.25, 0.3) is 7.82 Å². The molecule has 0 saturated heterocycles. The van der Waals surface area contributed by atoms with E-state index >= 15 is 0 Å². The highest BCUT2D eigenvalue weighted by Gasteiger charge is 2.23. The third kappa shape index (κ3) is 64.0. The van der Waals surface area contributed by atoms with Crippen LogP contribution in [-0.2, 0) is 18.4 Å². The summed E-state index contributed by atoms with van der Waals surface area (Å²) in [7, 11) is 1.22. The smallest absolute Gasteiger partial charge is 0.268 e. The van der Waals surface area contributed by atoms with Gasteiger partial charge in [-0.25, -0.2) is 0 Å². The first kappa shape index (κ1) is 78.4. The molecule has 0 saturated carbocycles. The Hall–Kier alpha value is -3.62. The lowest BCUT2D eigenvalue weighted by Gasteiger charge is -2.29. The van der Waals surface area contributed by atoms with Gasteiger partial charge in [-0.3, -0.25) is 9.36 Å². The number of hydrogen-bond acceptors (Lipinski definition) is 6. The molecule has 9 heteroatoms. The quantitative estimate of drug-likeness (QED) is 0.0272. The molecule has 0 aliphatic heterocycles. The van der Waals surface area contributed by atoms with E-state index in [4.69, 9.17) is 9.05 Å². The second-order valence-electron chi connectivity index (χ2n) is 23.1. The Balaban J connectivity index is 4.24. The fourth-order valence-corrected chi connectivity index (χ4v) is 9.63. The van der Waals surface area contributed by atoms with Crippen molar-refractivity contribution in [1.29, 1.82) is 0 Å². The third-order valence-corrected chi connectivity index (χ3v) is 15.0. The number of phosphoric ester groups is 1. The SMILES string of the molecule is CC/C=C\C/C=C\C/C=C\C/C=C\C/C=C\C/C=C\C/C=C\C/C=C\C/C=C\C/C=C\CCCCCCCCC(=O)NC(COP(=O)([O-])OCC[N+](C)(C)C)C(O)/C=C/CC/C=C/CCCCCCCCCCCCCCCCCCC. The van der Waals surface area contributed by atoms with Gasteiger partial charge in [-0.2, -0.15) is 0 Å². The van der Waals surface area contributed by atoms with Crippen molar-refractivity contribution in [1.82, 2.24) is 5.32 Å². The molecule has 0 fully saturated rings. The van der Waals surface area contributed by atoms with Crippen LogP contribution < -0.4 is 10.2 Å². The normalized spacial score (nSPS) is 14.7. The number of quaternary nitrogens is 1. The van der Waals surface area contributed by atoms with Gasteiger partial charge >= 0.3 is 0 Å².